The number of hydrogen-bond acceptors (Lipinski definition) is 16. The highest BCUT2D eigenvalue weighted by Gasteiger charge is 2.67. The number of aliphatic hydroxyl groups excluding tert-OH is 6. The van der Waals surface area contributed by atoms with E-state index in [9.17, 15) is 74.7 Å². The van der Waals surface area contributed by atoms with Gasteiger partial charge in [0.15, 0.2) is 34.3 Å². The molecule has 4 saturated carbocycles. The van der Waals surface area contributed by atoms with E-state index in [2.05, 4.69) is 16.0 Å². The third-order valence-corrected chi connectivity index (χ3v) is 12.8. The van der Waals surface area contributed by atoms with E-state index in [-0.39, 0.29) is 45.8 Å². The molecule has 3 unspecified atom stereocenters. The van der Waals surface area contributed by atoms with Crippen LogP contribution in [0.4, 0.5) is 0 Å². The van der Waals surface area contributed by atoms with Crippen LogP contribution in [0.1, 0.15) is 70.0 Å². The van der Waals surface area contributed by atoms with Gasteiger partial charge in [0, 0.05) is 56.4 Å². The molecule has 0 radical (unpaired) electrons. The summed E-state index contributed by atoms with van der Waals surface area (Å²) in [5.74, 6) is -5.27. The Hall–Kier alpha value is -5.62. The summed E-state index contributed by atoms with van der Waals surface area (Å²) < 4.78 is 3.41. The molecule has 22 heteroatoms. The first kappa shape index (κ1) is 46.9. The van der Waals surface area contributed by atoms with E-state index in [4.69, 9.17) is 5.73 Å². The Bertz CT molecular complexity index is 2150. The highest BCUT2D eigenvalue weighted by molar-refractivity contribution is 5.96. The molecule has 0 saturated heterocycles. The second kappa shape index (κ2) is 18.2. The molecule has 3 aromatic rings. The zero-order chi connectivity index (χ0) is 46.1. The van der Waals surface area contributed by atoms with Gasteiger partial charge in [-0.15, -0.1) is 0 Å². The summed E-state index contributed by atoms with van der Waals surface area (Å²) in [6, 6.07) is 3.01. The first-order chi connectivity index (χ1) is 29.8. The van der Waals surface area contributed by atoms with E-state index in [1.165, 1.54) is 18.6 Å². The Morgan fingerprint density at radius 3 is 1.02 bits per heavy atom. The number of aromatic hydroxyl groups is 3. The van der Waals surface area contributed by atoms with Gasteiger partial charge in [0.25, 0.3) is 17.7 Å². The molecule has 0 aliphatic heterocycles. The summed E-state index contributed by atoms with van der Waals surface area (Å²) in [6.45, 7) is -3.12. The Morgan fingerprint density at radius 2 is 0.778 bits per heavy atom. The Morgan fingerprint density at radius 1 is 0.524 bits per heavy atom. The molecule has 0 aromatic carbocycles. The molecule has 3 heterocycles. The quantitative estimate of drug-likeness (QED) is 0.0549. The number of nitrogens with two attached hydrogens (primary N) is 1. The van der Waals surface area contributed by atoms with Crippen LogP contribution in [0.15, 0.2) is 51.2 Å². The van der Waals surface area contributed by atoms with Crippen LogP contribution in [0.25, 0.3) is 0 Å². The topological polar surface area (TPSA) is 361 Å². The number of carbonyl (C=O) groups excluding carboxylic acids is 3. The third-order valence-electron chi connectivity index (χ3n) is 12.8. The molecule has 3 aromatic heterocycles. The van der Waals surface area contributed by atoms with Crippen LogP contribution >= 0.6 is 0 Å². The number of aliphatic hydroxyl groups is 6. The smallest absolute Gasteiger partial charge is 0.271 e. The molecule has 22 nitrogen and oxygen atoms in total. The summed E-state index contributed by atoms with van der Waals surface area (Å²) in [5.41, 5.74) is -0.541. The average molecular weight is 886 g/mol. The average Bonchev–Trinajstić information content (AvgIpc) is 3.24. The van der Waals surface area contributed by atoms with Gasteiger partial charge >= 0.3 is 0 Å². The molecule has 3 atom stereocenters. The minimum Gasteiger partial charge on any atom is -0.503 e. The van der Waals surface area contributed by atoms with Crippen LogP contribution in [0.3, 0.4) is 0 Å². The van der Waals surface area contributed by atoms with Crippen molar-refractivity contribution in [1.29, 1.82) is 0 Å². The molecule has 4 bridgehead atoms. The maximum Gasteiger partial charge on any atom is 0.271 e. The van der Waals surface area contributed by atoms with Crippen molar-refractivity contribution in [1.82, 2.24) is 29.7 Å². The first-order valence-electron chi connectivity index (χ1n) is 20.5. The van der Waals surface area contributed by atoms with Gasteiger partial charge in [0.2, 0.25) is 16.3 Å². The van der Waals surface area contributed by atoms with Crippen molar-refractivity contribution in [3.63, 3.8) is 0 Å². The number of nitrogens with one attached hydrogen (secondary N) is 3. The zero-order valence-electron chi connectivity index (χ0n) is 34.4. The predicted octanol–water partition coefficient (Wildman–Crippen LogP) is -3.78. The maximum absolute atomic E-state index is 13.9. The Labute approximate surface area is 358 Å². The Kier molecular flexibility index (Phi) is 13.6. The molecule has 4 fully saturated rings. The van der Waals surface area contributed by atoms with Crippen molar-refractivity contribution in [2.75, 3.05) is 46.0 Å². The SMILES string of the molecule is NCC12CC3(CNC(=O)c4c(O)c(=O)ccn4CC(O)CO)CC(CNC(=O)c4c(O)c(=O)ccn4CC(O)CO)(C1)CC(CNC(=O)c1c(O)c(=O)ccn1CC(O)CO)(C2)C3. The molecule has 63 heavy (non-hydrogen) atoms. The van der Waals surface area contributed by atoms with E-state index >= 15 is 0 Å². The minimum atomic E-state index is -1.34. The van der Waals surface area contributed by atoms with Crippen molar-refractivity contribution in [3.05, 3.63) is 84.5 Å². The van der Waals surface area contributed by atoms with E-state index in [1.807, 2.05) is 0 Å². The number of hydrogen-bond donors (Lipinski definition) is 13. The lowest BCUT2D eigenvalue weighted by atomic mass is 9.35. The fourth-order valence-corrected chi connectivity index (χ4v) is 11.1. The summed E-state index contributed by atoms with van der Waals surface area (Å²) in [7, 11) is 0. The standard InChI is InChI=1S/C41H55N7O15/c42-19-38-13-39(20-43-35(61)29-32(58)26(55)1-4-46(29)7-23(52)10-49)16-40(14-38,21-44-36(62)30-33(59)27(56)2-5-47(30)8-24(53)11-50)18-41(15-38,17-39)22-45-37(63)31-34(60)28(57)3-6-48(31)9-25(54)12-51/h1-6,23-25,49-54,58-60H,7-22,42H2,(H,43,61)(H,44,62)(H,45,63). The third kappa shape index (κ3) is 9.51. The molecule has 7 rings (SSSR count). The lowest BCUT2D eigenvalue weighted by Gasteiger charge is -2.71. The van der Waals surface area contributed by atoms with Crippen LogP contribution < -0.4 is 38.0 Å². The predicted molar refractivity (Wildman–Crippen MR) is 220 cm³/mol. The second-order valence-corrected chi connectivity index (χ2v) is 17.9. The van der Waals surface area contributed by atoms with Gasteiger partial charge in [-0.25, -0.2) is 0 Å². The van der Waals surface area contributed by atoms with Crippen LogP contribution in [0.5, 0.6) is 17.2 Å². The van der Waals surface area contributed by atoms with Crippen LogP contribution in [-0.2, 0) is 19.6 Å². The number of carbonyl (C=O) groups is 3. The molecule has 4 aliphatic carbocycles. The molecular weight excluding hydrogens is 830 g/mol. The van der Waals surface area contributed by atoms with Gasteiger partial charge in [-0.3, -0.25) is 28.8 Å². The van der Waals surface area contributed by atoms with Gasteiger partial charge < -0.3 is 81.3 Å². The number of pyridine rings is 3. The normalized spacial score (nSPS) is 25.0. The highest BCUT2D eigenvalue weighted by atomic mass is 16.3. The monoisotopic (exact) mass is 885 g/mol. The maximum atomic E-state index is 13.9. The van der Waals surface area contributed by atoms with Crippen molar-refractivity contribution >= 4 is 17.7 Å². The van der Waals surface area contributed by atoms with Crippen molar-refractivity contribution in [3.8, 4) is 17.2 Å². The van der Waals surface area contributed by atoms with Gasteiger partial charge in [-0.2, -0.15) is 0 Å². The summed E-state index contributed by atoms with van der Waals surface area (Å²) in [4.78, 5) is 79.4. The second-order valence-electron chi connectivity index (χ2n) is 17.9. The van der Waals surface area contributed by atoms with Crippen molar-refractivity contribution < 1.29 is 60.3 Å². The fraction of sp³-hybridized carbons (Fsp3) is 0.561. The van der Waals surface area contributed by atoms with Crippen LogP contribution in [0, 0.1) is 21.7 Å². The van der Waals surface area contributed by atoms with Gasteiger partial charge in [0.1, 0.15) is 0 Å². The van der Waals surface area contributed by atoms with Gasteiger partial charge in [-0.1, -0.05) is 0 Å². The minimum absolute atomic E-state index is 0.0693. The molecule has 4 aliphatic rings. The van der Waals surface area contributed by atoms with Crippen LogP contribution in [0.2, 0.25) is 0 Å². The molecule has 0 spiro atoms. The van der Waals surface area contributed by atoms with E-state index < -0.39 is 128 Å². The fourth-order valence-electron chi connectivity index (χ4n) is 11.1. The summed E-state index contributed by atoms with van der Waals surface area (Å²) in [6.07, 6.45) is 1.99. The largest absolute Gasteiger partial charge is 0.503 e. The van der Waals surface area contributed by atoms with E-state index in [1.54, 1.807) is 0 Å². The number of rotatable bonds is 19. The Balaban J connectivity index is 1.36. The van der Waals surface area contributed by atoms with E-state index in [0.29, 0.717) is 38.5 Å². The number of aromatic nitrogens is 3. The number of amides is 3. The number of nitrogens with zero attached hydrogens (tertiary/aromatic N) is 3. The zero-order valence-corrected chi connectivity index (χ0v) is 34.4. The highest BCUT2D eigenvalue weighted by Crippen LogP contribution is 2.73. The van der Waals surface area contributed by atoms with Crippen molar-refractivity contribution in [2.24, 2.45) is 27.4 Å². The lowest BCUT2D eigenvalue weighted by molar-refractivity contribution is -0.192. The molecule has 14 N–H and O–H groups in total. The molecule has 344 valence electrons. The van der Waals surface area contributed by atoms with Gasteiger partial charge in [0.05, 0.1) is 57.8 Å². The molecule has 3 amide bonds. The van der Waals surface area contributed by atoms with Crippen LogP contribution in [-0.4, -0.2) is 142 Å². The first-order valence-corrected chi connectivity index (χ1v) is 20.5. The summed E-state index contributed by atoms with van der Waals surface area (Å²) in [5, 5.41) is 99.6. The molecular formula is C41H55N7O15. The van der Waals surface area contributed by atoms with E-state index in [0.717, 1.165) is 31.9 Å². The van der Waals surface area contributed by atoms with Crippen molar-refractivity contribution in [2.45, 2.75) is 76.5 Å². The van der Waals surface area contributed by atoms with Gasteiger partial charge in [-0.05, 0) is 66.7 Å². The lowest BCUT2D eigenvalue weighted by Crippen LogP contribution is -2.68. The summed E-state index contributed by atoms with van der Waals surface area (Å²) >= 11 is 0.